The first-order chi connectivity index (χ1) is 16.6. The van der Waals surface area contributed by atoms with Crippen LogP contribution < -0.4 is 19.5 Å². The molecule has 172 valence electrons. The Labute approximate surface area is 199 Å². The number of hydrogen-bond acceptors (Lipinski definition) is 4. The van der Waals surface area contributed by atoms with Gasteiger partial charge < -0.3 is 19.5 Å². The molecule has 4 rings (SSSR count). The third-order valence-electron chi connectivity index (χ3n) is 5.11. The minimum atomic E-state index is -0.234. The molecule has 0 aliphatic rings. The van der Waals surface area contributed by atoms with Gasteiger partial charge in [0.2, 0.25) is 0 Å². The van der Waals surface area contributed by atoms with Crippen LogP contribution >= 0.6 is 0 Å². The summed E-state index contributed by atoms with van der Waals surface area (Å²) in [5.41, 5.74) is 3.38. The van der Waals surface area contributed by atoms with Crippen molar-refractivity contribution in [3.8, 4) is 23.0 Å². The molecule has 0 aliphatic carbocycles. The fourth-order valence-corrected chi connectivity index (χ4v) is 3.32. The zero-order valence-corrected chi connectivity index (χ0v) is 19.3. The molecular weight excluding hydrogens is 426 g/mol. The largest absolute Gasteiger partial charge is 0.490 e. The summed E-state index contributed by atoms with van der Waals surface area (Å²) in [5.74, 6) is 2.36. The van der Waals surface area contributed by atoms with Crippen molar-refractivity contribution in [3.63, 3.8) is 0 Å². The van der Waals surface area contributed by atoms with Crippen molar-refractivity contribution >= 4 is 11.6 Å². The van der Waals surface area contributed by atoms with E-state index in [4.69, 9.17) is 14.2 Å². The van der Waals surface area contributed by atoms with Crippen LogP contribution in [-0.4, -0.2) is 12.5 Å². The molecule has 0 saturated heterocycles. The van der Waals surface area contributed by atoms with Gasteiger partial charge in [0.15, 0.2) is 11.5 Å². The lowest BCUT2D eigenvalue weighted by atomic mass is 10.1. The van der Waals surface area contributed by atoms with E-state index in [2.05, 4.69) is 5.32 Å². The molecule has 0 bridgehead atoms. The van der Waals surface area contributed by atoms with Gasteiger partial charge >= 0.3 is 0 Å². The number of rotatable bonds is 9. The minimum Gasteiger partial charge on any atom is -0.490 e. The van der Waals surface area contributed by atoms with E-state index in [-0.39, 0.29) is 5.91 Å². The van der Waals surface area contributed by atoms with Crippen LogP contribution in [-0.2, 0) is 6.61 Å². The lowest BCUT2D eigenvalue weighted by molar-refractivity contribution is 0.102. The molecule has 0 radical (unpaired) electrons. The molecule has 0 aliphatic heterocycles. The van der Waals surface area contributed by atoms with Crippen LogP contribution in [0.1, 0.15) is 28.4 Å². The van der Waals surface area contributed by atoms with E-state index < -0.39 is 0 Å². The summed E-state index contributed by atoms with van der Waals surface area (Å²) < 4.78 is 17.5. The molecular formula is C29H27NO4. The standard InChI is InChI=1S/C29H27NO4/c1-3-32-28-19-23(11-18-27(28)33-20-22-7-5-4-6-8-22)29(31)30-24-12-16-26(17-13-24)34-25-14-9-21(2)10-15-25/h4-19H,3,20H2,1-2H3,(H,30,31). The maximum atomic E-state index is 12.8. The molecule has 0 unspecified atom stereocenters. The van der Waals surface area contributed by atoms with Crippen LogP contribution in [0.3, 0.4) is 0 Å². The fourth-order valence-electron chi connectivity index (χ4n) is 3.32. The molecule has 0 atom stereocenters. The van der Waals surface area contributed by atoms with Gasteiger partial charge in [0, 0.05) is 11.3 Å². The zero-order valence-electron chi connectivity index (χ0n) is 19.3. The lowest BCUT2D eigenvalue weighted by Gasteiger charge is -2.14. The van der Waals surface area contributed by atoms with E-state index in [1.165, 1.54) is 5.56 Å². The predicted molar refractivity (Wildman–Crippen MR) is 134 cm³/mol. The Hall–Kier alpha value is -4.25. The van der Waals surface area contributed by atoms with E-state index in [0.717, 1.165) is 11.3 Å². The van der Waals surface area contributed by atoms with Crippen LogP contribution in [0.25, 0.3) is 0 Å². The quantitative estimate of drug-likeness (QED) is 0.296. The van der Waals surface area contributed by atoms with Gasteiger partial charge in [-0.15, -0.1) is 0 Å². The summed E-state index contributed by atoms with van der Waals surface area (Å²) in [4.78, 5) is 12.8. The normalized spacial score (nSPS) is 10.4. The van der Waals surface area contributed by atoms with Crippen LogP contribution in [0.4, 0.5) is 5.69 Å². The van der Waals surface area contributed by atoms with Crippen LogP contribution in [0.15, 0.2) is 97.1 Å². The summed E-state index contributed by atoms with van der Waals surface area (Å²) >= 11 is 0. The third kappa shape index (κ3) is 6.17. The van der Waals surface area contributed by atoms with Crippen molar-refractivity contribution in [1.29, 1.82) is 0 Å². The summed E-state index contributed by atoms with van der Waals surface area (Å²) in [7, 11) is 0. The van der Waals surface area contributed by atoms with Crippen molar-refractivity contribution in [2.45, 2.75) is 20.5 Å². The first-order valence-corrected chi connectivity index (χ1v) is 11.2. The zero-order chi connectivity index (χ0) is 23.8. The highest BCUT2D eigenvalue weighted by Gasteiger charge is 2.12. The Morgan fingerprint density at radius 2 is 1.44 bits per heavy atom. The first-order valence-electron chi connectivity index (χ1n) is 11.2. The van der Waals surface area contributed by atoms with E-state index in [1.54, 1.807) is 18.2 Å². The monoisotopic (exact) mass is 453 g/mol. The molecule has 0 fully saturated rings. The lowest BCUT2D eigenvalue weighted by Crippen LogP contribution is -2.12. The second-order valence-electron chi connectivity index (χ2n) is 7.76. The Morgan fingerprint density at radius 1 is 0.765 bits per heavy atom. The molecule has 0 spiro atoms. The number of anilines is 1. The number of ether oxygens (including phenoxy) is 3. The van der Waals surface area contributed by atoms with Gasteiger partial charge in [0.1, 0.15) is 18.1 Å². The molecule has 0 heterocycles. The average molecular weight is 454 g/mol. The topological polar surface area (TPSA) is 56.8 Å². The van der Waals surface area contributed by atoms with Gasteiger partial charge in [-0.25, -0.2) is 0 Å². The maximum absolute atomic E-state index is 12.8. The molecule has 0 aromatic heterocycles. The average Bonchev–Trinajstić information content (AvgIpc) is 2.86. The van der Waals surface area contributed by atoms with Gasteiger partial charge in [0.25, 0.3) is 5.91 Å². The number of amides is 1. The smallest absolute Gasteiger partial charge is 0.255 e. The molecule has 1 amide bonds. The summed E-state index contributed by atoms with van der Waals surface area (Å²) in [5, 5.41) is 2.91. The summed E-state index contributed by atoms with van der Waals surface area (Å²) in [6, 6.07) is 30.2. The van der Waals surface area contributed by atoms with E-state index >= 15 is 0 Å². The number of carbonyl (C=O) groups is 1. The van der Waals surface area contributed by atoms with Gasteiger partial charge in [-0.05, 0) is 74.0 Å². The first kappa shape index (κ1) is 22.9. The number of nitrogens with one attached hydrogen (secondary N) is 1. The van der Waals surface area contributed by atoms with Gasteiger partial charge in [-0.3, -0.25) is 4.79 Å². The highest BCUT2D eigenvalue weighted by molar-refractivity contribution is 6.04. The molecule has 5 nitrogen and oxygen atoms in total. The van der Waals surface area contributed by atoms with Crippen molar-refractivity contribution < 1.29 is 19.0 Å². The van der Waals surface area contributed by atoms with Crippen molar-refractivity contribution in [2.75, 3.05) is 11.9 Å². The van der Waals surface area contributed by atoms with Crippen molar-refractivity contribution in [1.82, 2.24) is 0 Å². The third-order valence-corrected chi connectivity index (χ3v) is 5.11. The maximum Gasteiger partial charge on any atom is 0.255 e. The van der Waals surface area contributed by atoms with E-state index in [0.29, 0.717) is 41.7 Å². The van der Waals surface area contributed by atoms with Gasteiger partial charge in [-0.2, -0.15) is 0 Å². The number of aryl methyl sites for hydroxylation is 1. The Kier molecular flexibility index (Phi) is 7.45. The Morgan fingerprint density at radius 3 is 2.12 bits per heavy atom. The molecule has 0 saturated carbocycles. The Bertz CT molecular complexity index is 1220. The van der Waals surface area contributed by atoms with Crippen LogP contribution in [0, 0.1) is 6.92 Å². The molecule has 4 aromatic carbocycles. The summed E-state index contributed by atoms with van der Waals surface area (Å²) in [6.07, 6.45) is 0. The molecule has 1 N–H and O–H groups in total. The fraction of sp³-hybridized carbons (Fsp3) is 0.138. The van der Waals surface area contributed by atoms with Crippen LogP contribution in [0.2, 0.25) is 0 Å². The Balaban J connectivity index is 1.40. The summed E-state index contributed by atoms with van der Waals surface area (Å²) in [6.45, 7) is 4.82. The van der Waals surface area contributed by atoms with E-state index in [1.807, 2.05) is 92.7 Å². The van der Waals surface area contributed by atoms with Gasteiger partial charge in [0.05, 0.1) is 6.61 Å². The van der Waals surface area contributed by atoms with Crippen molar-refractivity contribution in [2.24, 2.45) is 0 Å². The highest BCUT2D eigenvalue weighted by Crippen LogP contribution is 2.30. The number of carbonyl (C=O) groups excluding carboxylic acids is 1. The van der Waals surface area contributed by atoms with Crippen LogP contribution in [0.5, 0.6) is 23.0 Å². The van der Waals surface area contributed by atoms with Gasteiger partial charge in [-0.1, -0.05) is 48.0 Å². The number of hydrogen-bond donors (Lipinski definition) is 1. The van der Waals surface area contributed by atoms with Crippen molar-refractivity contribution in [3.05, 3.63) is 114 Å². The highest BCUT2D eigenvalue weighted by atomic mass is 16.5. The molecule has 4 aromatic rings. The number of benzene rings is 4. The predicted octanol–water partition coefficient (Wildman–Crippen LogP) is 7.02. The molecule has 5 heteroatoms. The minimum absolute atomic E-state index is 0.234. The second kappa shape index (κ2) is 11.1. The molecule has 34 heavy (non-hydrogen) atoms. The SMILES string of the molecule is CCOc1cc(C(=O)Nc2ccc(Oc3ccc(C)cc3)cc2)ccc1OCc1ccccc1. The second-order valence-corrected chi connectivity index (χ2v) is 7.76. The van der Waals surface area contributed by atoms with E-state index in [9.17, 15) is 4.79 Å².